The standard InChI is InChI=1S/C16H16Br2O/c1-10-5-4-6-11(2)15(10)16(18)13-9-12(17)7-8-14(13)19-3/h4-9,16H,1-3H3. The monoisotopic (exact) mass is 382 g/mol. The van der Waals surface area contributed by atoms with Crippen LogP contribution in [0.25, 0.3) is 0 Å². The molecular formula is C16H16Br2O. The smallest absolute Gasteiger partial charge is 0.123 e. The van der Waals surface area contributed by atoms with Crippen LogP contribution in [0.1, 0.15) is 27.1 Å². The first kappa shape index (κ1) is 14.6. The Kier molecular flexibility index (Phi) is 4.69. The van der Waals surface area contributed by atoms with Gasteiger partial charge in [0.25, 0.3) is 0 Å². The molecule has 0 fully saturated rings. The Morgan fingerprint density at radius 1 is 1.05 bits per heavy atom. The summed E-state index contributed by atoms with van der Waals surface area (Å²) >= 11 is 7.35. The van der Waals surface area contributed by atoms with Gasteiger partial charge in [0.2, 0.25) is 0 Å². The van der Waals surface area contributed by atoms with Crippen molar-refractivity contribution < 1.29 is 4.74 Å². The van der Waals surface area contributed by atoms with E-state index in [0.717, 1.165) is 15.8 Å². The lowest BCUT2D eigenvalue weighted by atomic mass is 9.95. The zero-order valence-corrected chi connectivity index (χ0v) is 14.4. The van der Waals surface area contributed by atoms with E-state index in [1.807, 2.05) is 12.1 Å². The maximum Gasteiger partial charge on any atom is 0.123 e. The molecule has 0 bridgehead atoms. The van der Waals surface area contributed by atoms with Gasteiger partial charge >= 0.3 is 0 Å². The predicted octanol–water partition coefficient (Wildman–Crippen LogP) is 5.56. The van der Waals surface area contributed by atoms with Gasteiger partial charge in [-0.25, -0.2) is 0 Å². The molecule has 1 unspecified atom stereocenters. The highest BCUT2D eigenvalue weighted by molar-refractivity contribution is 9.10. The number of hydrogen-bond acceptors (Lipinski definition) is 1. The summed E-state index contributed by atoms with van der Waals surface area (Å²) in [6.45, 7) is 4.28. The summed E-state index contributed by atoms with van der Waals surface area (Å²) < 4.78 is 6.53. The Morgan fingerprint density at radius 2 is 1.68 bits per heavy atom. The zero-order chi connectivity index (χ0) is 14.0. The summed E-state index contributed by atoms with van der Waals surface area (Å²) in [7, 11) is 1.71. The van der Waals surface area contributed by atoms with Gasteiger partial charge in [-0.05, 0) is 48.7 Å². The number of methoxy groups -OCH3 is 1. The Bertz CT molecular complexity index is 573. The second kappa shape index (κ2) is 6.10. The summed E-state index contributed by atoms with van der Waals surface area (Å²) in [4.78, 5) is 0.126. The summed E-state index contributed by atoms with van der Waals surface area (Å²) in [6, 6.07) is 12.5. The molecule has 0 saturated carbocycles. The fourth-order valence-corrected chi connectivity index (χ4v) is 3.74. The molecule has 1 atom stereocenters. The normalized spacial score (nSPS) is 12.3. The molecule has 1 nitrogen and oxygen atoms in total. The molecule has 0 N–H and O–H groups in total. The number of benzene rings is 2. The molecule has 0 aliphatic carbocycles. The maximum absolute atomic E-state index is 5.47. The van der Waals surface area contributed by atoms with Crippen molar-refractivity contribution >= 4 is 31.9 Å². The summed E-state index contributed by atoms with van der Waals surface area (Å²) in [5.41, 5.74) is 5.00. The van der Waals surface area contributed by atoms with Crippen LogP contribution < -0.4 is 4.74 Å². The molecule has 0 spiro atoms. The van der Waals surface area contributed by atoms with Crippen LogP contribution in [-0.2, 0) is 0 Å². The van der Waals surface area contributed by atoms with Gasteiger partial charge in [-0.15, -0.1) is 0 Å². The SMILES string of the molecule is COc1ccc(Br)cc1C(Br)c1c(C)cccc1C. The van der Waals surface area contributed by atoms with Gasteiger partial charge in [0.15, 0.2) is 0 Å². The van der Waals surface area contributed by atoms with Crippen molar-refractivity contribution in [2.24, 2.45) is 0 Å². The summed E-state index contributed by atoms with van der Waals surface area (Å²) in [6.07, 6.45) is 0. The lowest BCUT2D eigenvalue weighted by molar-refractivity contribution is 0.410. The molecule has 0 saturated heterocycles. The van der Waals surface area contributed by atoms with Gasteiger partial charge in [-0.3, -0.25) is 0 Å². The highest BCUT2D eigenvalue weighted by Gasteiger charge is 2.19. The minimum absolute atomic E-state index is 0.126. The molecule has 0 heterocycles. The van der Waals surface area contributed by atoms with Crippen LogP contribution in [0.4, 0.5) is 0 Å². The van der Waals surface area contributed by atoms with Crippen LogP contribution in [0, 0.1) is 13.8 Å². The van der Waals surface area contributed by atoms with E-state index in [9.17, 15) is 0 Å². The molecule has 2 aromatic carbocycles. The molecule has 2 aromatic rings. The Hall–Kier alpha value is -0.800. The first-order valence-corrected chi connectivity index (χ1v) is 7.79. The third kappa shape index (κ3) is 3.03. The van der Waals surface area contributed by atoms with Crippen molar-refractivity contribution in [3.8, 4) is 5.75 Å². The van der Waals surface area contributed by atoms with Crippen molar-refractivity contribution in [1.82, 2.24) is 0 Å². The topological polar surface area (TPSA) is 9.23 Å². The third-order valence-corrected chi connectivity index (χ3v) is 4.70. The number of alkyl halides is 1. The average Bonchev–Trinajstić information content (AvgIpc) is 2.38. The molecule has 100 valence electrons. The van der Waals surface area contributed by atoms with Gasteiger partial charge < -0.3 is 4.74 Å². The van der Waals surface area contributed by atoms with E-state index >= 15 is 0 Å². The van der Waals surface area contributed by atoms with Crippen LogP contribution in [0.2, 0.25) is 0 Å². The number of ether oxygens (including phenoxy) is 1. The molecule has 0 aliphatic heterocycles. The van der Waals surface area contributed by atoms with Crippen LogP contribution in [0.15, 0.2) is 40.9 Å². The van der Waals surface area contributed by atoms with Crippen LogP contribution in [-0.4, -0.2) is 7.11 Å². The summed E-state index contributed by atoms with van der Waals surface area (Å²) in [5.74, 6) is 0.896. The number of rotatable bonds is 3. The maximum atomic E-state index is 5.47. The van der Waals surface area contributed by atoms with Crippen molar-refractivity contribution in [3.63, 3.8) is 0 Å². The van der Waals surface area contributed by atoms with E-state index in [1.165, 1.54) is 16.7 Å². The molecule has 0 aliphatic rings. The van der Waals surface area contributed by atoms with Crippen LogP contribution >= 0.6 is 31.9 Å². The van der Waals surface area contributed by atoms with E-state index in [2.05, 4.69) is 70.0 Å². The Labute approximate surface area is 131 Å². The van der Waals surface area contributed by atoms with E-state index in [4.69, 9.17) is 4.74 Å². The highest BCUT2D eigenvalue weighted by atomic mass is 79.9. The molecule has 0 amide bonds. The van der Waals surface area contributed by atoms with Crippen molar-refractivity contribution in [2.75, 3.05) is 7.11 Å². The average molecular weight is 384 g/mol. The van der Waals surface area contributed by atoms with E-state index in [0.29, 0.717) is 0 Å². The van der Waals surface area contributed by atoms with Crippen LogP contribution in [0.5, 0.6) is 5.75 Å². The molecule has 0 radical (unpaired) electrons. The lowest BCUT2D eigenvalue weighted by Gasteiger charge is -2.19. The highest BCUT2D eigenvalue weighted by Crippen LogP contribution is 2.40. The molecular weight excluding hydrogens is 368 g/mol. The lowest BCUT2D eigenvalue weighted by Crippen LogP contribution is -2.01. The zero-order valence-electron chi connectivity index (χ0n) is 11.2. The fraction of sp³-hybridized carbons (Fsp3) is 0.250. The van der Waals surface area contributed by atoms with Gasteiger partial charge in [0.1, 0.15) is 5.75 Å². The van der Waals surface area contributed by atoms with Crippen molar-refractivity contribution in [3.05, 3.63) is 63.1 Å². The largest absolute Gasteiger partial charge is 0.496 e. The van der Waals surface area contributed by atoms with E-state index in [1.54, 1.807) is 7.11 Å². The van der Waals surface area contributed by atoms with Gasteiger partial charge in [0, 0.05) is 10.0 Å². The van der Waals surface area contributed by atoms with Crippen molar-refractivity contribution in [2.45, 2.75) is 18.7 Å². The molecule has 3 heteroatoms. The molecule has 19 heavy (non-hydrogen) atoms. The second-order valence-electron chi connectivity index (χ2n) is 4.55. The predicted molar refractivity (Wildman–Crippen MR) is 87.4 cm³/mol. The van der Waals surface area contributed by atoms with Gasteiger partial charge in [0.05, 0.1) is 11.9 Å². The number of hydrogen-bond donors (Lipinski definition) is 0. The number of aryl methyl sites for hydroxylation is 2. The fourth-order valence-electron chi connectivity index (χ4n) is 2.29. The van der Waals surface area contributed by atoms with Gasteiger partial charge in [-0.2, -0.15) is 0 Å². The third-order valence-electron chi connectivity index (χ3n) is 3.26. The molecule has 0 aromatic heterocycles. The molecule has 2 rings (SSSR count). The van der Waals surface area contributed by atoms with Crippen molar-refractivity contribution in [1.29, 1.82) is 0 Å². The quantitative estimate of drug-likeness (QED) is 0.630. The van der Waals surface area contributed by atoms with E-state index < -0.39 is 0 Å². The minimum atomic E-state index is 0.126. The summed E-state index contributed by atoms with van der Waals surface area (Å²) in [5, 5.41) is 0. The number of halogens is 2. The first-order valence-electron chi connectivity index (χ1n) is 6.08. The first-order chi connectivity index (χ1) is 9.04. The Morgan fingerprint density at radius 3 is 2.26 bits per heavy atom. The van der Waals surface area contributed by atoms with E-state index in [-0.39, 0.29) is 4.83 Å². The van der Waals surface area contributed by atoms with Crippen LogP contribution in [0.3, 0.4) is 0 Å². The Balaban J connectivity index is 2.55. The minimum Gasteiger partial charge on any atom is -0.496 e. The second-order valence-corrected chi connectivity index (χ2v) is 6.39. The van der Waals surface area contributed by atoms with Gasteiger partial charge in [-0.1, -0.05) is 50.1 Å².